The van der Waals surface area contributed by atoms with Gasteiger partial charge in [-0.15, -0.1) is 10.2 Å². The average Bonchev–Trinajstić information content (AvgIpc) is 3.07. The highest BCUT2D eigenvalue weighted by molar-refractivity contribution is 9.10. The summed E-state index contributed by atoms with van der Waals surface area (Å²) in [5.74, 6) is -0.503. The van der Waals surface area contributed by atoms with E-state index in [2.05, 4.69) is 31.4 Å². The number of aryl methyl sites for hydroxylation is 1. The molecule has 3 aromatic rings. The Morgan fingerprint density at radius 3 is 2.54 bits per heavy atom. The van der Waals surface area contributed by atoms with Crippen LogP contribution < -0.4 is 9.62 Å². The maximum absolute atomic E-state index is 12.4. The molecule has 0 aliphatic carbocycles. The fourth-order valence-corrected chi connectivity index (χ4v) is 4.41. The first-order valence-electron chi connectivity index (χ1n) is 8.16. The van der Waals surface area contributed by atoms with Gasteiger partial charge in [0.05, 0.1) is 11.9 Å². The normalized spacial score (nSPS) is 11.2. The van der Waals surface area contributed by atoms with Crippen LogP contribution in [0.3, 0.4) is 0 Å². The molecule has 146 valence electrons. The molecule has 1 aromatic heterocycles. The Balaban J connectivity index is 1.74. The van der Waals surface area contributed by atoms with Crippen molar-refractivity contribution in [3.63, 3.8) is 0 Å². The van der Waals surface area contributed by atoms with Crippen LogP contribution in [0.1, 0.15) is 5.56 Å². The number of benzene rings is 2. The summed E-state index contributed by atoms with van der Waals surface area (Å²) in [6.07, 6.45) is 1.06. The summed E-state index contributed by atoms with van der Waals surface area (Å²) in [5.41, 5.74) is 2.43. The number of anilines is 2. The minimum absolute atomic E-state index is 0.309. The quantitative estimate of drug-likeness (QED) is 0.580. The van der Waals surface area contributed by atoms with E-state index in [0.717, 1.165) is 21.7 Å². The molecule has 0 radical (unpaired) electrons. The van der Waals surface area contributed by atoms with Crippen LogP contribution in [0.25, 0.3) is 10.6 Å². The van der Waals surface area contributed by atoms with Gasteiger partial charge in [-0.2, -0.15) is 0 Å². The maximum Gasteiger partial charge on any atom is 0.246 e. The number of aromatic nitrogens is 2. The topological polar surface area (TPSA) is 92.3 Å². The van der Waals surface area contributed by atoms with Crippen LogP contribution in [-0.4, -0.2) is 37.3 Å². The lowest BCUT2D eigenvalue weighted by Crippen LogP contribution is -2.37. The molecule has 0 spiro atoms. The zero-order valence-electron chi connectivity index (χ0n) is 15.1. The molecule has 0 bridgehead atoms. The third-order valence-electron chi connectivity index (χ3n) is 3.75. The van der Waals surface area contributed by atoms with Gasteiger partial charge in [-0.05, 0) is 25.1 Å². The monoisotopic (exact) mass is 480 g/mol. The summed E-state index contributed by atoms with van der Waals surface area (Å²) in [6.45, 7) is 1.63. The number of rotatable bonds is 6. The lowest BCUT2D eigenvalue weighted by atomic mass is 10.2. The second kappa shape index (κ2) is 8.38. The Morgan fingerprint density at radius 2 is 1.89 bits per heavy atom. The first-order chi connectivity index (χ1) is 13.2. The van der Waals surface area contributed by atoms with Gasteiger partial charge < -0.3 is 0 Å². The van der Waals surface area contributed by atoms with Gasteiger partial charge in [-0.3, -0.25) is 14.4 Å². The number of nitrogens with zero attached hydrogens (tertiary/aromatic N) is 3. The number of hydrogen-bond acceptors (Lipinski definition) is 6. The summed E-state index contributed by atoms with van der Waals surface area (Å²) < 4.78 is 26.1. The number of amides is 1. The Bertz CT molecular complexity index is 1100. The van der Waals surface area contributed by atoms with E-state index in [1.165, 1.54) is 11.3 Å². The van der Waals surface area contributed by atoms with Crippen molar-refractivity contribution >= 4 is 54.0 Å². The fourth-order valence-electron chi connectivity index (χ4n) is 2.41. The zero-order chi connectivity index (χ0) is 20.3. The number of sulfonamides is 1. The van der Waals surface area contributed by atoms with E-state index in [4.69, 9.17) is 0 Å². The Labute approximate surface area is 175 Å². The number of carbonyl (C=O) groups excluding carboxylic acids is 1. The van der Waals surface area contributed by atoms with Gasteiger partial charge in [0.15, 0.2) is 0 Å². The first-order valence-corrected chi connectivity index (χ1v) is 11.6. The molecule has 2 aromatic carbocycles. The average molecular weight is 481 g/mol. The molecule has 7 nitrogen and oxygen atoms in total. The second-order valence-corrected chi connectivity index (χ2v) is 9.88. The molecule has 10 heteroatoms. The first kappa shape index (κ1) is 20.4. The molecule has 0 fully saturated rings. The van der Waals surface area contributed by atoms with Gasteiger partial charge in [0, 0.05) is 10.0 Å². The van der Waals surface area contributed by atoms with Crippen molar-refractivity contribution in [1.29, 1.82) is 0 Å². The van der Waals surface area contributed by atoms with Crippen molar-refractivity contribution in [2.45, 2.75) is 6.92 Å². The lowest BCUT2D eigenvalue weighted by Gasteiger charge is -2.21. The van der Waals surface area contributed by atoms with Crippen LogP contribution in [0.2, 0.25) is 0 Å². The van der Waals surface area contributed by atoms with Crippen molar-refractivity contribution in [3.8, 4) is 10.6 Å². The molecule has 0 aliphatic heterocycles. The lowest BCUT2D eigenvalue weighted by molar-refractivity contribution is -0.114. The Kier molecular flexibility index (Phi) is 6.11. The van der Waals surface area contributed by atoms with Crippen LogP contribution >= 0.6 is 27.3 Å². The van der Waals surface area contributed by atoms with Crippen molar-refractivity contribution in [2.24, 2.45) is 0 Å². The number of hydrogen-bond donors (Lipinski definition) is 1. The molecule has 0 saturated heterocycles. The van der Waals surface area contributed by atoms with Crippen LogP contribution in [-0.2, 0) is 14.8 Å². The SMILES string of the molecule is Cc1ccc(-c2nnc(NC(=O)CN(c3cccc(Br)c3)S(C)(=O)=O)s2)cc1. The standard InChI is InChI=1S/C18H17BrN4O3S2/c1-12-6-8-13(9-7-12)17-21-22-18(27-17)20-16(24)11-23(28(2,25)26)15-5-3-4-14(19)10-15/h3-10H,11H2,1-2H3,(H,20,22,24). The smallest absolute Gasteiger partial charge is 0.246 e. The molecular weight excluding hydrogens is 464 g/mol. The molecule has 28 heavy (non-hydrogen) atoms. The van der Waals surface area contributed by atoms with E-state index in [1.807, 2.05) is 31.2 Å². The molecule has 1 N–H and O–H groups in total. The third-order valence-corrected chi connectivity index (χ3v) is 6.28. The molecule has 0 unspecified atom stereocenters. The highest BCUT2D eigenvalue weighted by atomic mass is 79.9. The number of halogens is 1. The van der Waals surface area contributed by atoms with Crippen LogP contribution in [0.15, 0.2) is 53.0 Å². The molecule has 0 aliphatic rings. The largest absolute Gasteiger partial charge is 0.299 e. The third kappa shape index (κ3) is 5.15. The Hall–Kier alpha value is -2.30. The fraction of sp³-hybridized carbons (Fsp3) is 0.167. The van der Waals surface area contributed by atoms with E-state index in [1.54, 1.807) is 24.3 Å². The number of nitrogens with one attached hydrogen (secondary N) is 1. The van der Waals surface area contributed by atoms with Gasteiger partial charge in [-0.1, -0.05) is 63.2 Å². The van der Waals surface area contributed by atoms with E-state index in [-0.39, 0.29) is 6.54 Å². The Morgan fingerprint density at radius 1 is 1.18 bits per heavy atom. The van der Waals surface area contributed by atoms with Crippen LogP contribution in [0.5, 0.6) is 0 Å². The highest BCUT2D eigenvalue weighted by Crippen LogP contribution is 2.27. The van der Waals surface area contributed by atoms with Gasteiger partial charge in [0.2, 0.25) is 21.1 Å². The molecule has 0 saturated carbocycles. The maximum atomic E-state index is 12.4. The minimum Gasteiger partial charge on any atom is -0.299 e. The summed E-state index contributed by atoms with van der Waals surface area (Å²) in [4.78, 5) is 12.4. The van der Waals surface area contributed by atoms with E-state index in [0.29, 0.717) is 20.3 Å². The van der Waals surface area contributed by atoms with E-state index in [9.17, 15) is 13.2 Å². The molecule has 1 heterocycles. The predicted octanol–water partition coefficient (Wildman–Crippen LogP) is 3.68. The van der Waals surface area contributed by atoms with Crippen molar-refractivity contribution in [2.75, 3.05) is 22.4 Å². The predicted molar refractivity (Wildman–Crippen MR) is 115 cm³/mol. The van der Waals surface area contributed by atoms with Crippen LogP contribution in [0, 0.1) is 6.92 Å². The van der Waals surface area contributed by atoms with E-state index >= 15 is 0 Å². The van der Waals surface area contributed by atoms with Crippen molar-refractivity contribution in [1.82, 2.24) is 10.2 Å². The molecule has 0 atom stereocenters. The molecular formula is C18H17BrN4O3S2. The molecule has 3 rings (SSSR count). The van der Waals surface area contributed by atoms with Crippen LogP contribution in [0.4, 0.5) is 10.8 Å². The number of carbonyl (C=O) groups is 1. The minimum atomic E-state index is -3.64. The van der Waals surface area contributed by atoms with Gasteiger partial charge in [0.1, 0.15) is 11.6 Å². The summed E-state index contributed by atoms with van der Waals surface area (Å²) in [7, 11) is -3.64. The zero-order valence-corrected chi connectivity index (χ0v) is 18.3. The van der Waals surface area contributed by atoms with Gasteiger partial charge in [-0.25, -0.2) is 8.42 Å². The summed E-state index contributed by atoms with van der Waals surface area (Å²) >= 11 is 4.53. The van der Waals surface area contributed by atoms with E-state index < -0.39 is 15.9 Å². The van der Waals surface area contributed by atoms with Crippen molar-refractivity contribution in [3.05, 3.63) is 58.6 Å². The second-order valence-electron chi connectivity index (χ2n) is 6.08. The van der Waals surface area contributed by atoms with Gasteiger partial charge >= 0.3 is 0 Å². The van der Waals surface area contributed by atoms with Gasteiger partial charge in [0.25, 0.3) is 0 Å². The summed E-state index contributed by atoms with van der Waals surface area (Å²) in [5, 5.41) is 11.7. The molecule has 1 amide bonds. The van der Waals surface area contributed by atoms with Crippen molar-refractivity contribution < 1.29 is 13.2 Å². The summed E-state index contributed by atoms with van der Waals surface area (Å²) in [6, 6.07) is 14.5. The highest BCUT2D eigenvalue weighted by Gasteiger charge is 2.22.